The van der Waals surface area contributed by atoms with Crippen LogP contribution in [0.25, 0.3) is 4.96 Å². The molecule has 1 saturated carbocycles. The van der Waals surface area contributed by atoms with E-state index in [1.165, 1.54) is 15.9 Å². The number of rotatable bonds is 4. The Morgan fingerprint density at radius 1 is 1.46 bits per heavy atom. The minimum absolute atomic E-state index is 0.115. The number of aryl methyl sites for hydroxylation is 1. The van der Waals surface area contributed by atoms with Gasteiger partial charge in [-0.2, -0.15) is 9.61 Å². The maximum absolute atomic E-state index is 12.3. The van der Waals surface area contributed by atoms with Gasteiger partial charge in [-0.1, -0.05) is 18.3 Å². The Labute approximate surface area is 143 Å². The van der Waals surface area contributed by atoms with E-state index in [4.69, 9.17) is 4.74 Å². The van der Waals surface area contributed by atoms with Crippen molar-refractivity contribution >= 4 is 16.3 Å². The molecule has 1 aliphatic carbocycles. The van der Waals surface area contributed by atoms with Crippen molar-refractivity contribution in [2.45, 2.75) is 44.9 Å². The summed E-state index contributed by atoms with van der Waals surface area (Å²) >= 11 is 1.48. The van der Waals surface area contributed by atoms with Crippen LogP contribution in [-0.4, -0.2) is 56.5 Å². The molecule has 1 saturated heterocycles. The highest BCUT2D eigenvalue weighted by molar-refractivity contribution is 7.16. The van der Waals surface area contributed by atoms with E-state index in [1.807, 2.05) is 6.92 Å². The van der Waals surface area contributed by atoms with Crippen LogP contribution in [0.15, 0.2) is 10.9 Å². The molecule has 2 fully saturated rings. The van der Waals surface area contributed by atoms with Crippen LogP contribution < -0.4 is 5.56 Å². The zero-order chi connectivity index (χ0) is 16.7. The fraction of sp³-hybridized carbons (Fsp3) is 0.688. The Bertz CT molecular complexity index is 789. The third-order valence-corrected chi connectivity index (χ3v) is 6.07. The van der Waals surface area contributed by atoms with Crippen molar-refractivity contribution in [3.05, 3.63) is 27.1 Å². The summed E-state index contributed by atoms with van der Waals surface area (Å²) in [5.41, 5.74) is 0.676. The summed E-state index contributed by atoms with van der Waals surface area (Å²) < 4.78 is 7.26. The maximum Gasteiger partial charge on any atom is 0.275 e. The number of fused-ring (bicyclic) bond motifs is 2. The Balaban J connectivity index is 1.58. The molecule has 1 aliphatic heterocycles. The van der Waals surface area contributed by atoms with Gasteiger partial charge in [0.1, 0.15) is 5.01 Å². The molecule has 0 aromatic carbocycles. The first kappa shape index (κ1) is 16.1. The second kappa shape index (κ2) is 6.51. The van der Waals surface area contributed by atoms with Gasteiger partial charge in [-0.3, -0.25) is 9.69 Å². The van der Waals surface area contributed by atoms with E-state index in [-0.39, 0.29) is 18.3 Å². The summed E-state index contributed by atoms with van der Waals surface area (Å²) in [5.74, 6) is 0.315. The minimum Gasteiger partial charge on any atom is -0.396 e. The SMILES string of the molecule is CCc1nn2c(=O)cc(CN3CCOC4C[C@H](CO)C[C@@H]43)nc2s1. The number of hydrogen-bond acceptors (Lipinski definition) is 7. The molecule has 0 bridgehead atoms. The number of aliphatic hydroxyl groups excluding tert-OH is 1. The number of hydrogen-bond donors (Lipinski definition) is 1. The van der Waals surface area contributed by atoms with Crippen LogP contribution in [-0.2, 0) is 17.7 Å². The lowest BCUT2D eigenvalue weighted by Crippen LogP contribution is -2.48. The van der Waals surface area contributed by atoms with Crippen LogP contribution in [0, 0.1) is 5.92 Å². The Morgan fingerprint density at radius 3 is 3.12 bits per heavy atom. The summed E-state index contributed by atoms with van der Waals surface area (Å²) in [5, 5.41) is 14.6. The summed E-state index contributed by atoms with van der Waals surface area (Å²) in [4.78, 5) is 19.9. The van der Waals surface area contributed by atoms with E-state index >= 15 is 0 Å². The molecular weight excluding hydrogens is 328 g/mol. The van der Waals surface area contributed by atoms with Crippen molar-refractivity contribution in [2.75, 3.05) is 19.8 Å². The highest BCUT2D eigenvalue weighted by Crippen LogP contribution is 2.34. The highest BCUT2D eigenvalue weighted by Gasteiger charge is 2.40. The van der Waals surface area contributed by atoms with Gasteiger partial charge in [-0.15, -0.1) is 0 Å². The van der Waals surface area contributed by atoms with Gasteiger partial charge in [-0.25, -0.2) is 4.98 Å². The first-order valence-corrected chi connectivity index (χ1v) is 9.34. The first-order chi connectivity index (χ1) is 11.7. The smallest absolute Gasteiger partial charge is 0.275 e. The number of aliphatic hydroxyl groups is 1. The second-order valence-electron chi connectivity index (χ2n) is 6.60. The summed E-state index contributed by atoms with van der Waals surface area (Å²) in [7, 11) is 0. The zero-order valence-electron chi connectivity index (χ0n) is 13.7. The largest absolute Gasteiger partial charge is 0.396 e. The quantitative estimate of drug-likeness (QED) is 0.874. The van der Waals surface area contributed by atoms with Crippen molar-refractivity contribution < 1.29 is 9.84 Å². The lowest BCUT2D eigenvalue weighted by Gasteiger charge is -2.37. The van der Waals surface area contributed by atoms with Crippen LogP contribution in [0.3, 0.4) is 0 Å². The molecule has 2 aromatic heterocycles. The number of ether oxygens (including phenoxy) is 1. The lowest BCUT2D eigenvalue weighted by atomic mass is 10.1. The molecule has 4 rings (SSSR count). The number of nitrogens with zero attached hydrogens (tertiary/aromatic N) is 4. The van der Waals surface area contributed by atoms with Gasteiger partial charge in [0.25, 0.3) is 5.56 Å². The van der Waals surface area contributed by atoms with Gasteiger partial charge in [0, 0.05) is 31.8 Å². The zero-order valence-corrected chi connectivity index (χ0v) is 14.5. The molecule has 130 valence electrons. The van der Waals surface area contributed by atoms with Crippen LogP contribution in [0.2, 0.25) is 0 Å². The molecular formula is C16H22N4O3S. The van der Waals surface area contributed by atoms with Crippen molar-refractivity contribution in [3.8, 4) is 0 Å². The second-order valence-corrected chi connectivity index (χ2v) is 7.64. The fourth-order valence-corrected chi connectivity index (χ4v) is 4.66. The summed E-state index contributed by atoms with van der Waals surface area (Å²) in [6.07, 6.45) is 2.86. The average molecular weight is 350 g/mol. The predicted molar refractivity (Wildman–Crippen MR) is 90.3 cm³/mol. The standard InChI is InChI=1S/C16H22N4O3S/c1-2-14-18-20-15(22)7-11(17-16(20)24-14)8-19-3-4-23-13-6-10(9-21)5-12(13)19/h7,10,12-13,21H,2-6,8-9H2,1H3/t10-,12+,13?/m1/s1. The molecule has 7 nitrogen and oxygen atoms in total. The predicted octanol–water partition coefficient (Wildman–Crippen LogP) is 0.685. The molecule has 24 heavy (non-hydrogen) atoms. The van der Waals surface area contributed by atoms with Crippen molar-refractivity contribution in [2.24, 2.45) is 5.92 Å². The highest BCUT2D eigenvalue weighted by atomic mass is 32.1. The third-order valence-electron chi connectivity index (χ3n) is 5.01. The van der Waals surface area contributed by atoms with E-state index in [1.54, 1.807) is 6.07 Å². The number of morpholine rings is 1. The molecule has 3 heterocycles. The van der Waals surface area contributed by atoms with Gasteiger partial charge in [0.15, 0.2) is 0 Å². The Morgan fingerprint density at radius 2 is 2.33 bits per heavy atom. The molecule has 2 aliphatic rings. The molecule has 2 aromatic rings. The van der Waals surface area contributed by atoms with Gasteiger partial charge in [-0.05, 0) is 25.2 Å². The average Bonchev–Trinajstić information content (AvgIpc) is 3.18. The number of aromatic nitrogens is 3. The summed E-state index contributed by atoms with van der Waals surface area (Å²) in [6.45, 7) is 4.42. The van der Waals surface area contributed by atoms with Crippen LogP contribution in [0.5, 0.6) is 0 Å². The molecule has 0 radical (unpaired) electrons. The molecule has 1 N–H and O–H groups in total. The molecule has 0 amide bonds. The Kier molecular flexibility index (Phi) is 4.38. The van der Waals surface area contributed by atoms with Crippen LogP contribution in [0.4, 0.5) is 0 Å². The van der Waals surface area contributed by atoms with Crippen LogP contribution >= 0.6 is 11.3 Å². The van der Waals surface area contributed by atoms with E-state index in [9.17, 15) is 9.90 Å². The fourth-order valence-electron chi connectivity index (χ4n) is 3.80. The van der Waals surface area contributed by atoms with Crippen molar-refractivity contribution in [3.63, 3.8) is 0 Å². The lowest BCUT2D eigenvalue weighted by molar-refractivity contribution is -0.0594. The molecule has 3 atom stereocenters. The molecule has 8 heteroatoms. The topological polar surface area (TPSA) is 80.0 Å². The minimum atomic E-state index is -0.115. The maximum atomic E-state index is 12.3. The van der Waals surface area contributed by atoms with E-state index in [0.717, 1.165) is 36.5 Å². The van der Waals surface area contributed by atoms with Gasteiger partial charge in [0.2, 0.25) is 4.96 Å². The van der Waals surface area contributed by atoms with Crippen LogP contribution in [0.1, 0.15) is 30.5 Å². The van der Waals surface area contributed by atoms with Gasteiger partial charge < -0.3 is 9.84 Å². The Hall–Kier alpha value is -1.35. The molecule has 1 unspecified atom stereocenters. The third kappa shape index (κ3) is 2.88. The van der Waals surface area contributed by atoms with Crippen molar-refractivity contribution in [1.29, 1.82) is 0 Å². The van der Waals surface area contributed by atoms with E-state index in [2.05, 4.69) is 15.0 Å². The van der Waals surface area contributed by atoms with E-state index in [0.29, 0.717) is 30.1 Å². The van der Waals surface area contributed by atoms with Gasteiger partial charge in [0.05, 0.1) is 18.4 Å². The normalized spacial score (nSPS) is 27.7. The first-order valence-electron chi connectivity index (χ1n) is 8.53. The molecule has 0 spiro atoms. The summed E-state index contributed by atoms with van der Waals surface area (Å²) in [6, 6.07) is 1.90. The monoisotopic (exact) mass is 350 g/mol. The van der Waals surface area contributed by atoms with E-state index < -0.39 is 0 Å². The van der Waals surface area contributed by atoms with Crippen molar-refractivity contribution in [1.82, 2.24) is 19.5 Å². The van der Waals surface area contributed by atoms with Gasteiger partial charge >= 0.3 is 0 Å².